The van der Waals surface area contributed by atoms with Crippen molar-refractivity contribution in [3.63, 3.8) is 0 Å². The van der Waals surface area contributed by atoms with E-state index in [1.807, 2.05) is 6.92 Å². The Balaban J connectivity index is 2.58. The lowest BCUT2D eigenvalue weighted by molar-refractivity contribution is 0.459. The van der Waals surface area contributed by atoms with Crippen molar-refractivity contribution in [2.45, 2.75) is 26.7 Å². The number of hydrogen-bond acceptors (Lipinski definition) is 2. The number of hydrogen-bond donors (Lipinski definition) is 1. The molecule has 0 amide bonds. The van der Waals surface area contributed by atoms with Gasteiger partial charge in [0, 0.05) is 36.0 Å². The van der Waals surface area contributed by atoms with Crippen LogP contribution in [0, 0.1) is 12.7 Å². The van der Waals surface area contributed by atoms with Gasteiger partial charge in [0.1, 0.15) is 11.6 Å². The summed E-state index contributed by atoms with van der Waals surface area (Å²) in [6, 6.07) is 1.69. The van der Waals surface area contributed by atoms with E-state index >= 15 is 0 Å². The molecule has 2 nitrogen and oxygen atoms in total. The Morgan fingerprint density at radius 3 is 2.93 bits per heavy atom. The maximum absolute atomic E-state index is 13.9. The van der Waals surface area contributed by atoms with Crippen LogP contribution in [0.25, 0.3) is 0 Å². The van der Waals surface area contributed by atoms with Crippen molar-refractivity contribution in [3.05, 3.63) is 23.0 Å². The molecular weight excluding hydrogens is 193 g/mol. The minimum atomic E-state index is -0.233. The van der Waals surface area contributed by atoms with Gasteiger partial charge < -0.3 is 10.0 Å². The molecule has 0 unspecified atom stereocenters. The highest BCUT2D eigenvalue weighted by molar-refractivity contribution is 5.61. The van der Waals surface area contributed by atoms with Crippen LogP contribution in [0.1, 0.15) is 24.5 Å². The summed E-state index contributed by atoms with van der Waals surface area (Å²) < 4.78 is 13.9. The van der Waals surface area contributed by atoms with Gasteiger partial charge in [-0.15, -0.1) is 0 Å². The van der Waals surface area contributed by atoms with E-state index in [2.05, 4.69) is 4.90 Å². The molecule has 0 radical (unpaired) electrons. The second kappa shape index (κ2) is 3.72. The second-order valence-electron chi connectivity index (χ2n) is 4.02. The van der Waals surface area contributed by atoms with Crippen LogP contribution in [-0.4, -0.2) is 18.2 Å². The highest BCUT2D eigenvalue weighted by Crippen LogP contribution is 2.35. The smallest absolute Gasteiger partial charge is 0.135 e. The van der Waals surface area contributed by atoms with Gasteiger partial charge in [-0.2, -0.15) is 0 Å². The van der Waals surface area contributed by atoms with E-state index in [1.165, 1.54) is 0 Å². The molecule has 0 spiro atoms. The first-order valence-electron chi connectivity index (χ1n) is 5.41. The summed E-state index contributed by atoms with van der Waals surface area (Å²) >= 11 is 0. The fourth-order valence-corrected chi connectivity index (χ4v) is 2.19. The SMILES string of the molecule is CCN1CCCc2c1cc(O)c(C)c2F. The van der Waals surface area contributed by atoms with E-state index in [1.54, 1.807) is 13.0 Å². The summed E-state index contributed by atoms with van der Waals surface area (Å²) in [5, 5.41) is 9.60. The average molecular weight is 209 g/mol. The zero-order valence-corrected chi connectivity index (χ0v) is 9.18. The van der Waals surface area contributed by atoms with Crippen molar-refractivity contribution in [2.24, 2.45) is 0 Å². The molecule has 1 aromatic rings. The fourth-order valence-electron chi connectivity index (χ4n) is 2.19. The second-order valence-corrected chi connectivity index (χ2v) is 4.02. The van der Waals surface area contributed by atoms with E-state index in [-0.39, 0.29) is 11.6 Å². The van der Waals surface area contributed by atoms with Crippen LogP contribution >= 0.6 is 0 Å². The van der Waals surface area contributed by atoms with Crippen LogP contribution in [0.2, 0.25) is 0 Å². The predicted octanol–water partition coefficient (Wildman–Crippen LogP) is 2.61. The van der Waals surface area contributed by atoms with Crippen molar-refractivity contribution in [1.82, 2.24) is 0 Å². The Kier molecular flexibility index (Phi) is 2.55. The van der Waals surface area contributed by atoms with Crippen LogP contribution in [0.5, 0.6) is 5.75 Å². The monoisotopic (exact) mass is 209 g/mol. The third-order valence-electron chi connectivity index (χ3n) is 3.14. The van der Waals surface area contributed by atoms with Gasteiger partial charge >= 0.3 is 0 Å². The molecule has 0 atom stereocenters. The first-order valence-corrected chi connectivity index (χ1v) is 5.41. The minimum absolute atomic E-state index is 0.0617. The van der Waals surface area contributed by atoms with Crippen LogP contribution in [0.15, 0.2) is 6.07 Å². The number of phenolic OH excluding ortho intramolecular Hbond substituents is 1. The number of phenols is 1. The standard InChI is InChI=1S/C12H16FNO/c1-3-14-6-4-5-9-10(14)7-11(15)8(2)12(9)13/h7,15H,3-6H2,1-2H3. The summed E-state index contributed by atoms with van der Waals surface area (Å²) in [4.78, 5) is 2.11. The lowest BCUT2D eigenvalue weighted by Gasteiger charge is -2.31. The molecule has 1 aliphatic heterocycles. The Labute approximate surface area is 89.3 Å². The number of halogens is 1. The maximum Gasteiger partial charge on any atom is 0.135 e. The van der Waals surface area contributed by atoms with Gasteiger partial charge in [0.05, 0.1) is 0 Å². The Bertz CT molecular complexity index is 390. The average Bonchev–Trinajstić information content (AvgIpc) is 2.25. The number of aromatic hydroxyl groups is 1. The topological polar surface area (TPSA) is 23.5 Å². The molecule has 0 bridgehead atoms. The van der Waals surface area contributed by atoms with Crippen molar-refractivity contribution in [2.75, 3.05) is 18.0 Å². The molecule has 15 heavy (non-hydrogen) atoms. The largest absolute Gasteiger partial charge is 0.507 e. The van der Waals surface area contributed by atoms with Crippen LogP contribution in [0.3, 0.4) is 0 Å². The molecule has 1 aromatic carbocycles. The summed E-state index contributed by atoms with van der Waals surface area (Å²) in [5.41, 5.74) is 1.99. The van der Waals surface area contributed by atoms with Gasteiger partial charge in [-0.05, 0) is 26.7 Å². The molecule has 0 aromatic heterocycles. The van der Waals surface area contributed by atoms with E-state index in [4.69, 9.17) is 0 Å². The molecule has 1 heterocycles. The van der Waals surface area contributed by atoms with E-state index < -0.39 is 0 Å². The van der Waals surface area contributed by atoms with Gasteiger partial charge in [-0.25, -0.2) is 4.39 Å². The van der Waals surface area contributed by atoms with Gasteiger partial charge in [-0.3, -0.25) is 0 Å². The van der Waals surface area contributed by atoms with Crippen molar-refractivity contribution < 1.29 is 9.50 Å². The highest BCUT2D eigenvalue weighted by Gasteiger charge is 2.21. The van der Waals surface area contributed by atoms with Crippen molar-refractivity contribution >= 4 is 5.69 Å². The lowest BCUT2D eigenvalue weighted by Crippen LogP contribution is -2.29. The van der Waals surface area contributed by atoms with Gasteiger partial charge in [0.25, 0.3) is 0 Å². The third-order valence-corrected chi connectivity index (χ3v) is 3.14. The predicted molar refractivity (Wildman–Crippen MR) is 59.0 cm³/mol. The fraction of sp³-hybridized carbons (Fsp3) is 0.500. The van der Waals surface area contributed by atoms with E-state index in [0.29, 0.717) is 5.56 Å². The Morgan fingerprint density at radius 2 is 2.27 bits per heavy atom. The first kappa shape index (κ1) is 10.3. The lowest BCUT2D eigenvalue weighted by atomic mass is 9.98. The molecule has 82 valence electrons. The number of anilines is 1. The molecule has 1 N–H and O–H groups in total. The molecule has 0 saturated carbocycles. The molecule has 1 aliphatic rings. The van der Waals surface area contributed by atoms with Crippen LogP contribution in [0.4, 0.5) is 10.1 Å². The van der Waals surface area contributed by atoms with Gasteiger partial charge in [0.2, 0.25) is 0 Å². The summed E-state index contributed by atoms with van der Waals surface area (Å²) in [6.07, 6.45) is 1.76. The van der Waals surface area contributed by atoms with Crippen molar-refractivity contribution in [3.8, 4) is 5.75 Å². The van der Waals surface area contributed by atoms with Crippen LogP contribution < -0.4 is 4.90 Å². The molecule has 2 rings (SSSR count). The highest BCUT2D eigenvalue weighted by atomic mass is 19.1. The molecule has 0 saturated heterocycles. The molecular formula is C12H16FNO. The maximum atomic E-state index is 13.9. The quantitative estimate of drug-likeness (QED) is 0.768. The van der Waals surface area contributed by atoms with Gasteiger partial charge in [0.15, 0.2) is 0 Å². The molecule has 0 aliphatic carbocycles. The first-order chi connectivity index (χ1) is 7.15. The normalized spacial score (nSPS) is 15.3. The number of nitrogens with zero attached hydrogens (tertiary/aromatic N) is 1. The molecule has 3 heteroatoms. The Morgan fingerprint density at radius 1 is 1.53 bits per heavy atom. The zero-order chi connectivity index (χ0) is 11.0. The minimum Gasteiger partial charge on any atom is -0.507 e. The van der Waals surface area contributed by atoms with Gasteiger partial charge in [-0.1, -0.05) is 0 Å². The zero-order valence-electron chi connectivity index (χ0n) is 9.18. The number of benzene rings is 1. The van der Waals surface area contributed by atoms with E-state index in [9.17, 15) is 9.50 Å². The number of rotatable bonds is 1. The van der Waals surface area contributed by atoms with E-state index in [0.717, 1.165) is 37.2 Å². The third kappa shape index (κ3) is 1.56. The molecule has 0 fully saturated rings. The summed E-state index contributed by atoms with van der Waals surface area (Å²) in [6.45, 7) is 5.47. The Hall–Kier alpha value is -1.25. The number of fused-ring (bicyclic) bond motifs is 1. The summed E-state index contributed by atoms with van der Waals surface area (Å²) in [7, 11) is 0. The van der Waals surface area contributed by atoms with Crippen LogP contribution in [-0.2, 0) is 6.42 Å². The van der Waals surface area contributed by atoms with Crippen molar-refractivity contribution in [1.29, 1.82) is 0 Å². The summed E-state index contributed by atoms with van der Waals surface area (Å²) in [5.74, 6) is -0.172.